The number of allylic oxidation sites excluding steroid dienone is 2. The molecule has 0 saturated carbocycles. The van der Waals surface area contributed by atoms with E-state index in [0.717, 1.165) is 18.6 Å². The van der Waals surface area contributed by atoms with Gasteiger partial charge in [-0.25, -0.2) is 0 Å². The first-order chi connectivity index (χ1) is 6.48. The van der Waals surface area contributed by atoms with Crippen molar-refractivity contribution >= 4 is 17.5 Å². The van der Waals surface area contributed by atoms with Crippen LogP contribution in [0.5, 0.6) is 0 Å². The van der Waals surface area contributed by atoms with Crippen LogP contribution in [-0.4, -0.2) is 16.3 Å². The average Bonchev–Trinajstić information content (AvgIpc) is 2.01. The molecule has 0 aliphatic carbocycles. The molecule has 0 aromatic heterocycles. The van der Waals surface area contributed by atoms with Crippen LogP contribution in [0, 0.1) is 0 Å². The fraction of sp³-hybridized carbons (Fsp3) is 0.750. The predicted octanol–water partition coefficient (Wildman–Crippen LogP) is 3.83. The smallest absolute Gasteiger partial charge is 0.131 e. The van der Waals surface area contributed by atoms with Gasteiger partial charge in [-0.1, -0.05) is 32.9 Å². The van der Waals surface area contributed by atoms with Crippen LogP contribution in [0.1, 0.15) is 47.0 Å². The number of ketones is 1. The minimum atomic E-state index is 0.103. The van der Waals surface area contributed by atoms with Crippen LogP contribution >= 0.6 is 11.8 Å². The van der Waals surface area contributed by atoms with E-state index in [2.05, 4.69) is 32.9 Å². The van der Waals surface area contributed by atoms with Gasteiger partial charge in [0.05, 0.1) is 0 Å². The Bertz CT molecular complexity index is 194. The van der Waals surface area contributed by atoms with E-state index in [-0.39, 0.29) is 10.5 Å². The van der Waals surface area contributed by atoms with Gasteiger partial charge in [-0.05, 0) is 25.5 Å². The monoisotopic (exact) mass is 214 g/mol. The van der Waals surface area contributed by atoms with Crippen LogP contribution in [-0.2, 0) is 4.79 Å². The van der Waals surface area contributed by atoms with E-state index in [1.54, 1.807) is 6.92 Å². The van der Waals surface area contributed by atoms with Crippen molar-refractivity contribution in [2.45, 2.75) is 51.7 Å². The van der Waals surface area contributed by atoms with Crippen LogP contribution < -0.4 is 0 Å². The topological polar surface area (TPSA) is 17.1 Å². The summed E-state index contributed by atoms with van der Waals surface area (Å²) in [5, 5.41) is 0. The number of hydrogen-bond acceptors (Lipinski definition) is 2. The van der Waals surface area contributed by atoms with Crippen LogP contribution in [0.2, 0.25) is 0 Å². The highest BCUT2D eigenvalue weighted by molar-refractivity contribution is 8.00. The maximum absolute atomic E-state index is 11.0. The number of thioether (sulfide) groups is 1. The van der Waals surface area contributed by atoms with Crippen molar-refractivity contribution in [1.82, 2.24) is 0 Å². The van der Waals surface area contributed by atoms with Gasteiger partial charge in [0.2, 0.25) is 0 Å². The van der Waals surface area contributed by atoms with Gasteiger partial charge < -0.3 is 0 Å². The van der Waals surface area contributed by atoms with Gasteiger partial charge in [0.1, 0.15) is 5.78 Å². The second kappa shape index (κ2) is 7.10. The lowest BCUT2D eigenvalue weighted by Gasteiger charge is -2.22. The first kappa shape index (κ1) is 13.8. The highest BCUT2D eigenvalue weighted by Crippen LogP contribution is 2.28. The fourth-order valence-electron chi connectivity index (χ4n) is 1.34. The van der Waals surface area contributed by atoms with E-state index >= 15 is 0 Å². The molecule has 0 N–H and O–H groups in total. The summed E-state index contributed by atoms with van der Waals surface area (Å²) in [6, 6.07) is 0. The second-order valence-electron chi connectivity index (χ2n) is 4.16. The molecule has 0 aliphatic rings. The van der Waals surface area contributed by atoms with Gasteiger partial charge in [-0.15, -0.1) is 0 Å². The fourth-order valence-corrected chi connectivity index (χ4v) is 2.45. The van der Waals surface area contributed by atoms with Gasteiger partial charge in [0.25, 0.3) is 0 Å². The molecule has 0 aromatic carbocycles. The first-order valence-electron chi connectivity index (χ1n) is 5.26. The molecule has 2 heteroatoms. The van der Waals surface area contributed by atoms with Crippen LogP contribution in [0.15, 0.2) is 12.2 Å². The van der Waals surface area contributed by atoms with Crippen molar-refractivity contribution in [2.75, 3.05) is 5.75 Å². The van der Waals surface area contributed by atoms with Crippen LogP contribution in [0.3, 0.4) is 0 Å². The maximum Gasteiger partial charge on any atom is 0.131 e. The molecular weight excluding hydrogens is 192 g/mol. The molecule has 0 atom stereocenters. The van der Waals surface area contributed by atoms with Gasteiger partial charge in [-0.2, -0.15) is 11.8 Å². The zero-order valence-electron chi connectivity index (χ0n) is 9.80. The summed E-state index contributed by atoms with van der Waals surface area (Å²) in [6.07, 6.45) is 7.31. The normalized spacial score (nSPS) is 12.3. The molecule has 0 amide bonds. The Morgan fingerprint density at radius 2 is 2.00 bits per heavy atom. The van der Waals surface area contributed by atoms with Crippen molar-refractivity contribution < 1.29 is 4.79 Å². The minimum absolute atomic E-state index is 0.103. The molecule has 0 aromatic rings. The molecule has 0 rings (SSSR count). The zero-order valence-corrected chi connectivity index (χ0v) is 10.6. The van der Waals surface area contributed by atoms with Gasteiger partial charge in [0.15, 0.2) is 0 Å². The van der Waals surface area contributed by atoms with Crippen LogP contribution in [0.25, 0.3) is 0 Å². The molecule has 0 radical (unpaired) electrons. The zero-order chi connectivity index (χ0) is 11.0. The molecule has 0 bridgehead atoms. The molecule has 0 spiro atoms. The summed E-state index contributed by atoms with van der Waals surface area (Å²) in [5.74, 6) is 1.39. The van der Waals surface area contributed by atoms with E-state index < -0.39 is 0 Å². The molecule has 0 heterocycles. The number of hydrogen-bond donors (Lipinski definition) is 0. The van der Waals surface area contributed by atoms with E-state index in [0.29, 0.717) is 6.42 Å². The third-order valence-electron chi connectivity index (χ3n) is 1.85. The lowest BCUT2D eigenvalue weighted by molar-refractivity contribution is -0.117. The third-order valence-corrected chi connectivity index (χ3v) is 3.22. The Kier molecular flexibility index (Phi) is 6.98. The maximum atomic E-state index is 11.0. The molecule has 14 heavy (non-hydrogen) atoms. The first-order valence-corrected chi connectivity index (χ1v) is 6.25. The Hall–Kier alpha value is -0.240. The summed E-state index contributed by atoms with van der Waals surface area (Å²) >= 11 is 1.89. The summed E-state index contributed by atoms with van der Waals surface area (Å²) in [6.45, 7) is 8.09. The van der Waals surface area contributed by atoms with Crippen molar-refractivity contribution in [3.8, 4) is 0 Å². The highest BCUT2D eigenvalue weighted by Gasteiger charge is 2.19. The molecule has 1 nitrogen and oxygen atoms in total. The molecule has 0 aliphatic heterocycles. The van der Waals surface area contributed by atoms with Gasteiger partial charge in [0, 0.05) is 11.2 Å². The van der Waals surface area contributed by atoms with Crippen molar-refractivity contribution in [2.24, 2.45) is 0 Å². The number of rotatable bonds is 7. The summed E-state index contributed by atoms with van der Waals surface area (Å²) in [5.41, 5.74) is 0. The third kappa shape index (κ3) is 8.36. The van der Waals surface area contributed by atoms with E-state index in [1.807, 2.05) is 11.8 Å². The molecule has 0 fully saturated rings. The predicted molar refractivity (Wildman–Crippen MR) is 65.9 cm³/mol. The highest BCUT2D eigenvalue weighted by atomic mass is 32.2. The van der Waals surface area contributed by atoms with Gasteiger partial charge in [-0.3, -0.25) is 4.79 Å². The lowest BCUT2D eigenvalue weighted by Crippen LogP contribution is -2.19. The summed E-state index contributed by atoms with van der Waals surface area (Å²) in [4.78, 5) is 11.0. The Labute approximate surface area is 92.3 Å². The quantitative estimate of drug-likeness (QED) is 0.473. The van der Waals surface area contributed by atoms with Crippen molar-refractivity contribution in [3.05, 3.63) is 12.2 Å². The Balaban J connectivity index is 3.65. The molecule has 82 valence electrons. The SMILES string of the molecule is CC/C=C\CCSC(C)(C)CC(C)=O. The van der Waals surface area contributed by atoms with Crippen molar-refractivity contribution in [3.63, 3.8) is 0 Å². The van der Waals surface area contributed by atoms with Crippen LogP contribution in [0.4, 0.5) is 0 Å². The second-order valence-corrected chi connectivity index (χ2v) is 5.96. The average molecular weight is 214 g/mol. The summed E-state index contributed by atoms with van der Waals surface area (Å²) in [7, 11) is 0. The van der Waals surface area contributed by atoms with E-state index in [4.69, 9.17) is 0 Å². The number of carbonyl (C=O) groups is 1. The molecule has 0 saturated heterocycles. The molecule has 0 unspecified atom stereocenters. The van der Waals surface area contributed by atoms with E-state index in [1.165, 1.54) is 0 Å². The number of carbonyl (C=O) groups excluding carboxylic acids is 1. The van der Waals surface area contributed by atoms with E-state index in [9.17, 15) is 4.79 Å². The lowest BCUT2D eigenvalue weighted by atomic mass is 10.1. The minimum Gasteiger partial charge on any atom is -0.300 e. The standard InChI is InChI=1S/C12H22OS/c1-5-6-7-8-9-14-12(3,4)10-11(2)13/h6-7H,5,8-10H2,1-4H3/b7-6-. The molecular formula is C12H22OS. The Morgan fingerprint density at radius 3 is 2.50 bits per heavy atom. The number of Topliss-reactive ketones (excluding diaryl/α,β-unsaturated/α-hetero) is 1. The largest absolute Gasteiger partial charge is 0.300 e. The summed E-state index contributed by atoms with van der Waals surface area (Å²) < 4.78 is 0.103. The van der Waals surface area contributed by atoms with Crippen molar-refractivity contribution in [1.29, 1.82) is 0 Å². The van der Waals surface area contributed by atoms with Gasteiger partial charge >= 0.3 is 0 Å². The Morgan fingerprint density at radius 1 is 1.36 bits per heavy atom.